The molecule has 0 radical (unpaired) electrons. The van der Waals surface area contributed by atoms with Crippen LogP contribution >= 0.6 is 11.3 Å². The summed E-state index contributed by atoms with van der Waals surface area (Å²) in [6, 6.07) is 0. The molecule has 0 amide bonds. The molecule has 0 saturated heterocycles. The minimum atomic E-state index is -0.522. The van der Waals surface area contributed by atoms with Crippen LogP contribution in [0.3, 0.4) is 0 Å². The second-order valence-corrected chi connectivity index (χ2v) is 4.09. The summed E-state index contributed by atoms with van der Waals surface area (Å²) in [6.45, 7) is 6.76. The Balaban J connectivity index is 2.64. The Bertz CT molecular complexity index is 273. The average molecular weight is 201 g/mol. The molecule has 4 heteroatoms. The number of rotatable bonds is 4. The third kappa shape index (κ3) is 2.76. The smallest absolute Gasteiger partial charge is 0.113 e. The van der Waals surface area contributed by atoms with Crippen LogP contribution in [0.4, 0.5) is 0 Å². The van der Waals surface area contributed by atoms with Crippen molar-refractivity contribution in [2.45, 2.75) is 26.9 Å². The molecule has 0 saturated carbocycles. The number of ether oxygens (including phenoxy) is 1. The molecule has 0 aromatic carbocycles. The first-order valence-corrected chi connectivity index (χ1v) is 5.16. The van der Waals surface area contributed by atoms with Crippen molar-refractivity contribution in [1.29, 1.82) is 0 Å². The molecule has 1 aromatic heterocycles. The SMILES string of the molecule is CCOCC(O)c1sc(C)nc1C. The van der Waals surface area contributed by atoms with Crippen LogP contribution in [-0.4, -0.2) is 23.3 Å². The number of aryl methyl sites for hydroxylation is 2. The van der Waals surface area contributed by atoms with Gasteiger partial charge in [-0.1, -0.05) is 0 Å². The predicted molar refractivity (Wildman–Crippen MR) is 53.0 cm³/mol. The Morgan fingerprint density at radius 3 is 2.69 bits per heavy atom. The summed E-state index contributed by atoms with van der Waals surface area (Å²) in [7, 11) is 0. The highest BCUT2D eigenvalue weighted by Gasteiger charge is 2.14. The summed E-state index contributed by atoms with van der Waals surface area (Å²) < 4.78 is 5.14. The van der Waals surface area contributed by atoms with Crippen LogP contribution in [0.1, 0.15) is 28.6 Å². The van der Waals surface area contributed by atoms with Gasteiger partial charge in [0, 0.05) is 6.61 Å². The van der Waals surface area contributed by atoms with E-state index < -0.39 is 6.10 Å². The van der Waals surface area contributed by atoms with Crippen LogP contribution in [0.2, 0.25) is 0 Å². The van der Waals surface area contributed by atoms with Crippen LogP contribution in [0.5, 0.6) is 0 Å². The van der Waals surface area contributed by atoms with Gasteiger partial charge in [-0.25, -0.2) is 4.98 Å². The molecule has 3 nitrogen and oxygen atoms in total. The lowest BCUT2D eigenvalue weighted by atomic mass is 10.3. The highest BCUT2D eigenvalue weighted by atomic mass is 32.1. The molecule has 0 aliphatic carbocycles. The minimum absolute atomic E-state index is 0.360. The normalized spacial score (nSPS) is 13.2. The summed E-state index contributed by atoms with van der Waals surface area (Å²) >= 11 is 1.53. The standard InChI is InChI=1S/C9H15NO2S/c1-4-12-5-8(11)9-6(2)10-7(3)13-9/h8,11H,4-5H2,1-3H3. The van der Waals surface area contributed by atoms with Crippen molar-refractivity contribution in [3.05, 3.63) is 15.6 Å². The maximum atomic E-state index is 9.69. The Kier molecular flexibility index (Phi) is 3.84. The van der Waals surface area contributed by atoms with Gasteiger partial charge in [0.05, 0.1) is 22.2 Å². The second kappa shape index (κ2) is 4.69. The molecular weight excluding hydrogens is 186 g/mol. The quantitative estimate of drug-likeness (QED) is 0.808. The highest BCUT2D eigenvalue weighted by Crippen LogP contribution is 2.24. The molecule has 0 bridgehead atoms. The first-order chi connectivity index (χ1) is 6.15. The van der Waals surface area contributed by atoms with Crippen LogP contribution in [-0.2, 0) is 4.74 Å². The van der Waals surface area contributed by atoms with Crippen molar-refractivity contribution in [2.24, 2.45) is 0 Å². The Labute approximate surface area is 82.4 Å². The number of hydrogen-bond donors (Lipinski definition) is 1. The highest BCUT2D eigenvalue weighted by molar-refractivity contribution is 7.11. The van der Waals surface area contributed by atoms with E-state index in [4.69, 9.17) is 4.74 Å². The third-order valence-electron chi connectivity index (χ3n) is 1.72. The van der Waals surface area contributed by atoms with Gasteiger partial charge in [-0.2, -0.15) is 0 Å². The van der Waals surface area contributed by atoms with Gasteiger partial charge in [0.1, 0.15) is 6.10 Å². The summed E-state index contributed by atoms with van der Waals surface area (Å²) in [5.74, 6) is 0. The molecule has 1 unspecified atom stereocenters. The van der Waals surface area contributed by atoms with Gasteiger partial charge < -0.3 is 9.84 Å². The van der Waals surface area contributed by atoms with E-state index >= 15 is 0 Å². The third-order valence-corrected chi connectivity index (χ3v) is 2.90. The fourth-order valence-electron chi connectivity index (χ4n) is 1.16. The van der Waals surface area contributed by atoms with Crippen molar-refractivity contribution < 1.29 is 9.84 Å². The minimum Gasteiger partial charge on any atom is -0.385 e. The van der Waals surface area contributed by atoms with E-state index in [0.29, 0.717) is 13.2 Å². The first-order valence-electron chi connectivity index (χ1n) is 4.35. The fraction of sp³-hybridized carbons (Fsp3) is 0.667. The van der Waals surface area contributed by atoms with E-state index in [-0.39, 0.29) is 0 Å². The molecule has 74 valence electrons. The van der Waals surface area contributed by atoms with Crippen LogP contribution < -0.4 is 0 Å². The summed E-state index contributed by atoms with van der Waals surface area (Å²) in [6.07, 6.45) is -0.522. The molecular formula is C9H15NO2S. The Hall–Kier alpha value is -0.450. The number of aromatic nitrogens is 1. The average Bonchev–Trinajstić information content (AvgIpc) is 2.41. The summed E-state index contributed by atoms with van der Waals surface area (Å²) in [4.78, 5) is 5.17. The molecule has 1 rings (SSSR count). The molecule has 0 spiro atoms. The van der Waals surface area contributed by atoms with E-state index in [2.05, 4.69) is 4.98 Å². The Morgan fingerprint density at radius 1 is 1.54 bits per heavy atom. The summed E-state index contributed by atoms with van der Waals surface area (Å²) in [5.41, 5.74) is 0.912. The number of aliphatic hydroxyl groups is 1. The molecule has 0 fully saturated rings. The summed E-state index contributed by atoms with van der Waals surface area (Å²) in [5, 5.41) is 10.7. The predicted octanol–water partition coefficient (Wildman–Crippen LogP) is 1.83. The van der Waals surface area contributed by atoms with E-state index in [1.54, 1.807) is 0 Å². The molecule has 1 heterocycles. The number of aliphatic hydroxyl groups excluding tert-OH is 1. The molecule has 0 aliphatic heterocycles. The maximum Gasteiger partial charge on any atom is 0.113 e. The number of hydrogen-bond acceptors (Lipinski definition) is 4. The van der Waals surface area contributed by atoms with Crippen molar-refractivity contribution in [1.82, 2.24) is 4.98 Å². The largest absolute Gasteiger partial charge is 0.385 e. The van der Waals surface area contributed by atoms with Crippen molar-refractivity contribution >= 4 is 11.3 Å². The molecule has 0 aliphatic rings. The van der Waals surface area contributed by atoms with Crippen molar-refractivity contribution in [3.63, 3.8) is 0 Å². The van der Waals surface area contributed by atoms with E-state index in [1.807, 2.05) is 20.8 Å². The van der Waals surface area contributed by atoms with Crippen LogP contribution in [0.25, 0.3) is 0 Å². The van der Waals surface area contributed by atoms with E-state index in [0.717, 1.165) is 15.6 Å². The van der Waals surface area contributed by atoms with Gasteiger partial charge in [0.2, 0.25) is 0 Å². The first kappa shape index (κ1) is 10.6. The van der Waals surface area contributed by atoms with Gasteiger partial charge in [0.25, 0.3) is 0 Å². The zero-order chi connectivity index (χ0) is 9.84. The maximum absolute atomic E-state index is 9.69. The number of nitrogens with zero attached hydrogens (tertiary/aromatic N) is 1. The van der Waals surface area contributed by atoms with E-state index in [1.165, 1.54) is 11.3 Å². The van der Waals surface area contributed by atoms with Gasteiger partial charge in [-0.3, -0.25) is 0 Å². The lowest BCUT2D eigenvalue weighted by Gasteiger charge is -2.08. The molecule has 13 heavy (non-hydrogen) atoms. The lowest BCUT2D eigenvalue weighted by Crippen LogP contribution is -2.06. The molecule has 1 atom stereocenters. The zero-order valence-electron chi connectivity index (χ0n) is 8.20. The van der Waals surface area contributed by atoms with Crippen molar-refractivity contribution in [3.8, 4) is 0 Å². The van der Waals surface area contributed by atoms with Gasteiger partial charge >= 0.3 is 0 Å². The fourth-order valence-corrected chi connectivity index (χ4v) is 2.06. The Morgan fingerprint density at radius 2 is 2.23 bits per heavy atom. The topological polar surface area (TPSA) is 42.4 Å². The van der Waals surface area contributed by atoms with Crippen LogP contribution in [0, 0.1) is 13.8 Å². The van der Waals surface area contributed by atoms with Crippen LogP contribution in [0.15, 0.2) is 0 Å². The van der Waals surface area contributed by atoms with E-state index in [9.17, 15) is 5.11 Å². The van der Waals surface area contributed by atoms with Gasteiger partial charge in [-0.05, 0) is 20.8 Å². The monoisotopic (exact) mass is 201 g/mol. The molecule has 1 aromatic rings. The van der Waals surface area contributed by atoms with Gasteiger partial charge in [0.15, 0.2) is 0 Å². The second-order valence-electron chi connectivity index (χ2n) is 2.86. The lowest BCUT2D eigenvalue weighted by molar-refractivity contribution is 0.0435. The number of thiazole rings is 1. The van der Waals surface area contributed by atoms with Gasteiger partial charge in [-0.15, -0.1) is 11.3 Å². The van der Waals surface area contributed by atoms with Crippen molar-refractivity contribution in [2.75, 3.05) is 13.2 Å². The molecule has 1 N–H and O–H groups in total. The zero-order valence-corrected chi connectivity index (χ0v) is 9.02.